The first kappa shape index (κ1) is 15.1. The Kier molecular flexibility index (Phi) is 4.66. The second kappa shape index (κ2) is 6.47. The van der Waals surface area contributed by atoms with Crippen LogP contribution in [0.4, 0.5) is 5.69 Å². The van der Waals surface area contributed by atoms with Crippen molar-refractivity contribution in [2.24, 2.45) is 5.73 Å². The lowest BCUT2D eigenvalue weighted by Gasteiger charge is -2.08. The third kappa shape index (κ3) is 3.87. The number of para-hydroxylation sites is 1. The van der Waals surface area contributed by atoms with Crippen molar-refractivity contribution in [2.45, 2.75) is 19.4 Å². The SMILES string of the molecule is CC(N)c1nc(C(=O)Nc2ccccc2CC(=O)O)cs1. The number of nitrogens with two attached hydrogens (primary N) is 1. The highest BCUT2D eigenvalue weighted by atomic mass is 32.1. The van der Waals surface area contributed by atoms with Gasteiger partial charge < -0.3 is 16.2 Å². The van der Waals surface area contributed by atoms with Gasteiger partial charge in [-0.05, 0) is 18.6 Å². The second-order valence-corrected chi connectivity index (χ2v) is 5.43. The lowest BCUT2D eigenvalue weighted by Crippen LogP contribution is -2.15. The minimum atomic E-state index is -0.954. The van der Waals surface area contributed by atoms with E-state index < -0.39 is 5.97 Å². The highest BCUT2D eigenvalue weighted by Gasteiger charge is 2.15. The Hall–Kier alpha value is -2.25. The highest BCUT2D eigenvalue weighted by molar-refractivity contribution is 7.09. The van der Waals surface area contributed by atoms with E-state index >= 15 is 0 Å². The average Bonchev–Trinajstić information content (AvgIpc) is 2.90. The summed E-state index contributed by atoms with van der Waals surface area (Å²) < 4.78 is 0. The number of hydrogen-bond donors (Lipinski definition) is 3. The summed E-state index contributed by atoms with van der Waals surface area (Å²) in [6.07, 6.45) is -0.154. The zero-order valence-electron chi connectivity index (χ0n) is 11.4. The molecular formula is C14H15N3O3S. The molecule has 1 atom stereocenters. The van der Waals surface area contributed by atoms with E-state index in [0.29, 0.717) is 16.3 Å². The van der Waals surface area contributed by atoms with Gasteiger partial charge in [-0.3, -0.25) is 9.59 Å². The largest absolute Gasteiger partial charge is 0.481 e. The smallest absolute Gasteiger partial charge is 0.307 e. The number of hydrogen-bond acceptors (Lipinski definition) is 5. The minimum Gasteiger partial charge on any atom is -0.481 e. The molecule has 1 aromatic heterocycles. The van der Waals surface area contributed by atoms with Crippen molar-refractivity contribution in [3.63, 3.8) is 0 Å². The van der Waals surface area contributed by atoms with E-state index in [1.807, 2.05) is 0 Å². The van der Waals surface area contributed by atoms with E-state index in [4.69, 9.17) is 10.8 Å². The first-order valence-electron chi connectivity index (χ1n) is 6.29. The highest BCUT2D eigenvalue weighted by Crippen LogP contribution is 2.19. The van der Waals surface area contributed by atoms with Crippen LogP contribution in [0.25, 0.3) is 0 Å². The van der Waals surface area contributed by atoms with Gasteiger partial charge in [0.15, 0.2) is 0 Å². The molecule has 6 nitrogen and oxygen atoms in total. The number of aromatic nitrogens is 1. The fourth-order valence-electron chi connectivity index (χ4n) is 1.75. The van der Waals surface area contributed by atoms with Gasteiger partial charge in [0.25, 0.3) is 5.91 Å². The molecule has 1 amide bonds. The molecule has 1 aromatic carbocycles. The van der Waals surface area contributed by atoms with Crippen molar-refractivity contribution in [1.82, 2.24) is 4.98 Å². The maximum absolute atomic E-state index is 12.1. The molecule has 0 saturated heterocycles. The number of nitrogens with one attached hydrogen (secondary N) is 1. The van der Waals surface area contributed by atoms with E-state index in [-0.39, 0.29) is 24.1 Å². The zero-order chi connectivity index (χ0) is 15.4. The summed E-state index contributed by atoms with van der Waals surface area (Å²) in [7, 11) is 0. The average molecular weight is 305 g/mol. The van der Waals surface area contributed by atoms with Crippen molar-refractivity contribution < 1.29 is 14.7 Å². The molecule has 0 aliphatic heterocycles. The molecule has 0 radical (unpaired) electrons. The molecule has 21 heavy (non-hydrogen) atoms. The van der Waals surface area contributed by atoms with Crippen molar-refractivity contribution >= 4 is 28.9 Å². The Labute approximate surface area is 125 Å². The van der Waals surface area contributed by atoms with E-state index in [1.165, 1.54) is 11.3 Å². The molecule has 0 bridgehead atoms. The van der Waals surface area contributed by atoms with Gasteiger partial charge in [0.05, 0.1) is 12.5 Å². The van der Waals surface area contributed by atoms with Crippen molar-refractivity contribution in [1.29, 1.82) is 0 Å². The van der Waals surface area contributed by atoms with Gasteiger partial charge in [0, 0.05) is 11.1 Å². The third-order valence-corrected chi connectivity index (χ3v) is 3.80. The van der Waals surface area contributed by atoms with Crippen molar-refractivity contribution in [3.05, 3.63) is 45.9 Å². The Morgan fingerprint density at radius 2 is 2.14 bits per heavy atom. The Balaban J connectivity index is 2.17. The summed E-state index contributed by atoms with van der Waals surface area (Å²) in [6.45, 7) is 1.79. The number of amides is 1. The van der Waals surface area contributed by atoms with Gasteiger partial charge in [0.2, 0.25) is 0 Å². The normalized spacial score (nSPS) is 11.9. The number of nitrogens with zero attached hydrogens (tertiary/aromatic N) is 1. The predicted molar refractivity (Wildman–Crippen MR) is 80.5 cm³/mol. The van der Waals surface area contributed by atoms with Crippen LogP contribution in [-0.4, -0.2) is 22.0 Å². The molecule has 110 valence electrons. The molecule has 1 unspecified atom stereocenters. The number of anilines is 1. The third-order valence-electron chi connectivity index (χ3n) is 2.75. The first-order valence-corrected chi connectivity index (χ1v) is 7.17. The minimum absolute atomic E-state index is 0.154. The number of carboxylic acid groups (broad SMARTS) is 1. The Morgan fingerprint density at radius 3 is 2.76 bits per heavy atom. The van der Waals surface area contributed by atoms with Gasteiger partial charge in [-0.1, -0.05) is 18.2 Å². The monoisotopic (exact) mass is 305 g/mol. The van der Waals surface area contributed by atoms with E-state index in [9.17, 15) is 9.59 Å². The number of thiazole rings is 1. The fourth-order valence-corrected chi connectivity index (χ4v) is 2.50. The van der Waals surface area contributed by atoms with Gasteiger partial charge in [0.1, 0.15) is 10.7 Å². The molecule has 0 spiro atoms. The Bertz CT molecular complexity index is 667. The molecule has 4 N–H and O–H groups in total. The molecule has 0 aliphatic carbocycles. The van der Waals surface area contributed by atoms with Crippen LogP contribution in [0.3, 0.4) is 0 Å². The summed E-state index contributed by atoms with van der Waals surface area (Å²) in [5, 5.41) is 13.9. The van der Waals surface area contributed by atoms with Gasteiger partial charge in [-0.2, -0.15) is 0 Å². The van der Waals surface area contributed by atoms with Crippen LogP contribution < -0.4 is 11.1 Å². The molecule has 0 fully saturated rings. The summed E-state index contributed by atoms with van der Waals surface area (Å²) in [4.78, 5) is 27.1. The van der Waals surface area contributed by atoms with Gasteiger partial charge in [-0.25, -0.2) is 4.98 Å². The Morgan fingerprint density at radius 1 is 1.43 bits per heavy atom. The van der Waals surface area contributed by atoms with Gasteiger partial charge in [-0.15, -0.1) is 11.3 Å². The molecular weight excluding hydrogens is 290 g/mol. The summed E-state index contributed by atoms with van der Waals surface area (Å²) >= 11 is 1.32. The predicted octanol–water partition coefficient (Wildman–Crippen LogP) is 2.04. The first-order chi connectivity index (χ1) is 9.97. The molecule has 0 aliphatic rings. The van der Waals surface area contributed by atoms with Crippen LogP contribution in [0.1, 0.15) is 34.0 Å². The number of carboxylic acids is 1. The van der Waals surface area contributed by atoms with Crippen LogP contribution in [0.15, 0.2) is 29.6 Å². The molecule has 0 saturated carbocycles. The van der Waals surface area contributed by atoms with Gasteiger partial charge >= 0.3 is 5.97 Å². The number of aliphatic carboxylic acids is 1. The zero-order valence-corrected chi connectivity index (χ0v) is 12.2. The van der Waals surface area contributed by atoms with Crippen LogP contribution in [0, 0.1) is 0 Å². The summed E-state index contributed by atoms with van der Waals surface area (Å²) in [6, 6.07) is 6.56. The number of rotatable bonds is 5. The molecule has 2 aromatic rings. The summed E-state index contributed by atoms with van der Waals surface area (Å²) in [5.74, 6) is -1.33. The standard InChI is InChI=1S/C14H15N3O3S/c1-8(15)14-17-11(7-21-14)13(20)16-10-5-3-2-4-9(10)6-12(18)19/h2-5,7-8H,6,15H2,1H3,(H,16,20)(H,18,19). The maximum atomic E-state index is 12.1. The summed E-state index contributed by atoms with van der Waals surface area (Å²) in [5.41, 5.74) is 7.00. The van der Waals surface area contributed by atoms with E-state index in [1.54, 1.807) is 36.6 Å². The lowest BCUT2D eigenvalue weighted by molar-refractivity contribution is -0.136. The number of carbonyl (C=O) groups is 2. The number of carbonyl (C=O) groups excluding carboxylic acids is 1. The van der Waals surface area contributed by atoms with E-state index in [0.717, 1.165) is 0 Å². The molecule has 1 heterocycles. The topological polar surface area (TPSA) is 105 Å². The van der Waals surface area contributed by atoms with Crippen molar-refractivity contribution in [2.75, 3.05) is 5.32 Å². The molecule has 7 heteroatoms. The molecule has 2 rings (SSSR count). The lowest BCUT2D eigenvalue weighted by atomic mass is 10.1. The van der Waals surface area contributed by atoms with Crippen LogP contribution in [-0.2, 0) is 11.2 Å². The maximum Gasteiger partial charge on any atom is 0.307 e. The fraction of sp³-hybridized carbons (Fsp3) is 0.214. The quantitative estimate of drug-likeness (QED) is 0.784. The van der Waals surface area contributed by atoms with Crippen molar-refractivity contribution in [3.8, 4) is 0 Å². The number of benzene rings is 1. The van der Waals surface area contributed by atoms with Crippen LogP contribution in [0.5, 0.6) is 0 Å². The second-order valence-electron chi connectivity index (χ2n) is 4.54. The van der Waals surface area contributed by atoms with Crippen LogP contribution in [0.2, 0.25) is 0 Å². The van der Waals surface area contributed by atoms with Crippen LogP contribution >= 0.6 is 11.3 Å². The van der Waals surface area contributed by atoms with E-state index in [2.05, 4.69) is 10.3 Å².